The number of aromatic nitrogens is 5. The average Bonchev–Trinajstić information content (AvgIpc) is 3.30. The van der Waals surface area contributed by atoms with Gasteiger partial charge in [0, 0.05) is 24.2 Å². The Hall–Kier alpha value is -3.48. The zero-order valence-corrected chi connectivity index (χ0v) is 12.7. The Kier molecular flexibility index (Phi) is 3.51. The standard InChI is InChI=1S/C17H14N6O/c24-17(13-5-7-14(8-6-13)23-11-3-9-19-23)18-12-16-21-20-15-4-1-2-10-22(15)16/h1-11H,12H2,(H,18,24). The number of nitrogens with zero attached hydrogens (tertiary/aromatic N) is 5. The molecule has 0 aliphatic carbocycles. The zero-order valence-electron chi connectivity index (χ0n) is 12.7. The molecule has 0 aliphatic rings. The molecule has 3 heterocycles. The maximum Gasteiger partial charge on any atom is 0.251 e. The quantitative estimate of drug-likeness (QED) is 0.623. The van der Waals surface area contributed by atoms with Gasteiger partial charge in [0.1, 0.15) is 0 Å². The average molecular weight is 318 g/mol. The maximum absolute atomic E-state index is 12.3. The number of benzene rings is 1. The molecule has 4 rings (SSSR count). The first-order valence-corrected chi connectivity index (χ1v) is 7.48. The van der Waals surface area contributed by atoms with Crippen LogP contribution in [0.15, 0.2) is 67.1 Å². The van der Waals surface area contributed by atoms with E-state index in [9.17, 15) is 4.79 Å². The van der Waals surface area contributed by atoms with Gasteiger partial charge in [-0.15, -0.1) is 10.2 Å². The van der Waals surface area contributed by atoms with Crippen molar-refractivity contribution < 1.29 is 4.79 Å². The fraction of sp³-hybridized carbons (Fsp3) is 0.0588. The maximum atomic E-state index is 12.3. The zero-order chi connectivity index (χ0) is 16.4. The van der Waals surface area contributed by atoms with Gasteiger partial charge in [-0.05, 0) is 42.5 Å². The van der Waals surface area contributed by atoms with Gasteiger partial charge in [-0.1, -0.05) is 6.07 Å². The Morgan fingerprint density at radius 2 is 1.88 bits per heavy atom. The molecule has 0 spiro atoms. The highest BCUT2D eigenvalue weighted by Crippen LogP contribution is 2.09. The Labute approximate surface area is 137 Å². The van der Waals surface area contributed by atoms with E-state index in [0.29, 0.717) is 17.9 Å². The van der Waals surface area contributed by atoms with Crippen LogP contribution in [0.3, 0.4) is 0 Å². The number of carbonyl (C=O) groups is 1. The third-order valence-corrected chi connectivity index (χ3v) is 3.69. The molecule has 1 aromatic carbocycles. The number of rotatable bonds is 4. The Bertz CT molecular complexity index is 972. The summed E-state index contributed by atoms with van der Waals surface area (Å²) in [7, 11) is 0. The van der Waals surface area contributed by atoms with Crippen LogP contribution in [0.25, 0.3) is 11.3 Å². The van der Waals surface area contributed by atoms with Crippen molar-refractivity contribution in [2.45, 2.75) is 6.54 Å². The van der Waals surface area contributed by atoms with Crippen LogP contribution in [0.2, 0.25) is 0 Å². The van der Waals surface area contributed by atoms with E-state index in [1.165, 1.54) is 0 Å². The largest absolute Gasteiger partial charge is 0.345 e. The normalized spacial score (nSPS) is 10.8. The van der Waals surface area contributed by atoms with Gasteiger partial charge in [0.05, 0.1) is 12.2 Å². The molecule has 0 aliphatic heterocycles. The second-order valence-electron chi connectivity index (χ2n) is 5.23. The molecule has 0 atom stereocenters. The minimum absolute atomic E-state index is 0.158. The molecule has 118 valence electrons. The van der Waals surface area contributed by atoms with E-state index in [1.54, 1.807) is 23.0 Å². The van der Waals surface area contributed by atoms with Gasteiger partial charge < -0.3 is 5.32 Å². The highest BCUT2D eigenvalue weighted by atomic mass is 16.1. The van der Waals surface area contributed by atoms with Crippen LogP contribution in [-0.4, -0.2) is 30.3 Å². The minimum atomic E-state index is -0.158. The van der Waals surface area contributed by atoms with Gasteiger partial charge >= 0.3 is 0 Å². The van der Waals surface area contributed by atoms with Crippen LogP contribution in [0.5, 0.6) is 0 Å². The molecule has 0 unspecified atom stereocenters. The summed E-state index contributed by atoms with van der Waals surface area (Å²) in [4.78, 5) is 12.3. The first-order chi connectivity index (χ1) is 11.8. The summed E-state index contributed by atoms with van der Waals surface area (Å²) < 4.78 is 3.59. The summed E-state index contributed by atoms with van der Waals surface area (Å²) in [5.41, 5.74) is 2.24. The second kappa shape index (κ2) is 5.96. The molecular formula is C17H14N6O. The van der Waals surface area contributed by atoms with Crippen molar-refractivity contribution in [2.24, 2.45) is 0 Å². The number of hydrogen-bond acceptors (Lipinski definition) is 4. The summed E-state index contributed by atoms with van der Waals surface area (Å²) >= 11 is 0. The van der Waals surface area contributed by atoms with Crippen molar-refractivity contribution in [1.82, 2.24) is 29.7 Å². The third kappa shape index (κ3) is 2.63. The summed E-state index contributed by atoms with van der Waals surface area (Å²) in [6.07, 6.45) is 5.44. The number of nitrogens with one attached hydrogen (secondary N) is 1. The van der Waals surface area contributed by atoms with Gasteiger partial charge in [-0.2, -0.15) is 5.10 Å². The predicted octanol–water partition coefficient (Wildman–Crippen LogP) is 1.84. The topological polar surface area (TPSA) is 77.1 Å². The Morgan fingerprint density at radius 1 is 1.00 bits per heavy atom. The van der Waals surface area contributed by atoms with Gasteiger partial charge in [-0.25, -0.2) is 4.68 Å². The molecule has 7 nitrogen and oxygen atoms in total. The predicted molar refractivity (Wildman–Crippen MR) is 87.7 cm³/mol. The summed E-state index contributed by atoms with van der Waals surface area (Å²) in [5.74, 6) is 0.529. The second-order valence-corrected chi connectivity index (χ2v) is 5.23. The Morgan fingerprint density at radius 3 is 2.67 bits per heavy atom. The van der Waals surface area contributed by atoms with Crippen molar-refractivity contribution in [1.29, 1.82) is 0 Å². The van der Waals surface area contributed by atoms with E-state index in [0.717, 1.165) is 11.3 Å². The highest BCUT2D eigenvalue weighted by Gasteiger charge is 2.09. The molecule has 0 saturated heterocycles. The molecule has 0 fully saturated rings. The van der Waals surface area contributed by atoms with Gasteiger partial charge in [0.25, 0.3) is 5.91 Å². The lowest BCUT2D eigenvalue weighted by molar-refractivity contribution is 0.0950. The monoisotopic (exact) mass is 318 g/mol. The summed E-state index contributed by atoms with van der Waals surface area (Å²) in [6, 6.07) is 14.8. The molecular weight excluding hydrogens is 304 g/mol. The van der Waals surface area contributed by atoms with Crippen molar-refractivity contribution in [3.63, 3.8) is 0 Å². The summed E-state index contributed by atoms with van der Waals surface area (Å²) in [6.45, 7) is 0.310. The van der Waals surface area contributed by atoms with Crippen LogP contribution in [0.4, 0.5) is 0 Å². The number of amides is 1. The van der Waals surface area contributed by atoms with Crippen LogP contribution in [-0.2, 0) is 6.54 Å². The smallest absolute Gasteiger partial charge is 0.251 e. The fourth-order valence-corrected chi connectivity index (χ4v) is 2.46. The van der Waals surface area contributed by atoms with Gasteiger partial charge in [0.2, 0.25) is 0 Å². The fourth-order valence-electron chi connectivity index (χ4n) is 2.46. The van der Waals surface area contributed by atoms with Crippen LogP contribution in [0.1, 0.15) is 16.2 Å². The van der Waals surface area contributed by atoms with Gasteiger partial charge in [0.15, 0.2) is 11.5 Å². The van der Waals surface area contributed by atoms with Crippen molar-refractivity contribution >= 4 is 11.6 Å². The van der Waals surface area contributed by atoms with E-state index in [-0.39, 0.29) is 5.91 Å². The first-order valence-electron chi connectivity index (χ1n) is 7.48. The van der Waals surface area contributed by atoms with Crippen LogP contribution >= 0.6 is 0 Å². The molecule has 1 amide bonds. The van der Waals surface area contributed by atoms with E-state index in [1.807, 2.05) is 53.2 Å². The van der Waals surface area contributed by atoms with Crippen molar-refractivity contribution in [2.75, 3.05) is 0 Å². The SMILES string of the molecule is O=C(NCc1nnc2ccccn12)c1ccc(-n2cccn2)cc1. The Balaban J connectivity index is 1.46. The van der Waals surface area contributed by atoms with Crippen LogP contribution in [0, 0.1) is 0 Å². The van der Waals surface area contributed by atoms with E-state index < -0.39 is 0 Å². The highest BCUT2D eigenvalue weighted by molar-refractivity contribution is 5.94. The molecule has 0 bridgehead atoms. The lowest BCUT2D eigenvalue weighted by atomic mass is 10.2. The molecule has 4 aromatic rings. The van der Waals surface area contributed by atoms with Gasteiger partial charge in [-0.3, -0.25) is 9.20 Å². The number of pyridine rings is 1. The van der Waals surface area contributed by atoms with Crippen molar-refractivity contribution in [3.8, 4) is 5.69 Å². The third-order valence-electron chi connectivity index (χ3n) is 3.69. The molecule has 1 N–H and O–H groups in total. The number of hydrogen-bond donors (Lipinski definition) is 1. The molecule has 3 aromatic heterocycles. The minimum Gasteiger partial charge on any atom is -0.345 e. The van der Waals surface area contributed by atoms with E-state index >= 15 is 0 Å². The molecule has 0 saturated carbocycles. The molecule has 24 heavy (non-hydrogen) atoms. The molecule has 7 heteroatoms. The number of fused-ring (bicyclic) bond motifs is 1. The summed E-state index contributed by atoms with van der Waals surface area (Å²) in [5, 5.41) is 15.2. The first kappa shape index (κ1) is 14.1. The lowest BCUT2D eigenvalue weighted by Gasteiger charge is -2.06. The molecule has 0 radical (unpaired) electrons. The van der Waals surface area contributed by atoms with Crippen molar-refractivity contribution in [3.05, 3.63) is 78.5 Å². The van der Waals surface area contributed by atoms with E-state index in [4.69, 9.17) is 0 Å². The van der Waals surface area contributed by atoms with Crippen LogP contribution < -0.4 is 5.32 Å². The number of carbonyl (C=O) groups excluding carboxylic acids is 1. The van der Waals surface area contributed by atoms with E-state index in [2.05, 4.69) is 20.6 Å². The lowest BCUT2D eigenvalue weighted by Crippen LogP contribution is -2.24.